The van der Waals surface area contributed by atoms with Crippen molar-refractivity contribution in [3.63, 3.8) is 0 Å². The number of carbonyl (C=O) groups excluding carboxylic acids is 1. The van der Waals surface area contributed by atoms with Gasteiger partial charge in [-0.15, -0.1) is 0 Å². The number of halogens is 1. The Balaban J connectivity index is 2.99. The number of carbonyl (C=O) groups is 1. The lowest BCUT2D eigenvalue weighted by atomic mass is 9.95. The topological polar surface area (TPSA) is 26.3 Å². The maximum absolute atomic E-state index is 13.7. The van der Waals surface area contributed by atoms with Crippen LogP contribution in [0, 0.1) is 12.7 Å². The summed E-state index contributed by atoms with van der Waals surface area (Å²) in [6.45, 7) is 5.73. The molecule has 0 saturated carbocycles. The van der Waals surface area contributed by atoms with Crippen LogP contribution in [0.15, 0.2) is 18.2 Å². The van der Waals surface area contributed by atoms with Crippen LogP contribution in [0.1, 0.15) is 37.3 Å². The van der Waals surface area contributed by atoms with Crippen LogP contribution in [-0.4, -0.2) is 12.6 Å². The van der Waals surface area contributed by atoms with Crippen molar-refractivity contribution in [3.05, 3.63) is 35.1 Å². The minimum atomic E-state index is -0.499. The molecule has 3 heteroatoms. The fourth-order valence-corrected chi connectivity index (χ4v) is 1.67. The molecule has 0 radical (unpaired) electrons. The van der Waals surface area contributed by atoms with Gasteiger partial charge in [0.15, 0.2) is 0 Å². The Morgan fingerprint density at radius 3 is 2.62 bits per heavy atom. The normalized spacial score (nSPS) is 12.2. The number of benzene rings is 1. The van der Waals surface area contributed by atoms with Crippen LogP contribution in [0.3, 0.4) is 0 Å². The van der Waals surface area contributed by atoms with Crippen molar-refractivity contribution in [2.45, 2.75) is 33.1 Å². The van der Waals surface area contributed by atoms with Crippen LogP contribution in [0.5, 0.6) is 0 Å². The molecule has 88 valence electrons. The molecule has 1 rings (SSSR count). The fraction of sp³-hybridized carbons (Fsp3) is 0.462. The van der Waals surface area contributed by atoms with E-state index < -0.39 is 5.92 Å². The SMILES string of the molecule is CCOC(=O)C(CC)c1ccc(C)cc1F. The van der Waals surface area contributed by atoms with Crippen molar-refractivity contribution < 1.29 is 13.9 Å². The zero-order chi connectivity index (χ0) is 12.1. The Labute approximate surface area is 95.4 Å². The Morgan fingerprint density at radius 2 is 2.12 bits per heavy atom. The summed E-state index contributed by atoms with van der Waals surface area (Å²) in [6, 6.07) is 4.91. The highest BCUT2D eigenvalue weighted by molar-refractivity contribution is 5.78. The quantitative estimate of drug-likeness (QED) is 0.734. The molecule has 1 aromatic carbocycles. The summed E-state index contributed by atoms with van der Waals surface area (Å²) in [5.41, 5.74) is 1.27. The van der Waals surface area contributed by atoms with E-state index in [2.05, 4.69) is 0 Å². The first kappa shape index (κ1) is 12.7. The number of rotatable bonds is 4. The molecule has 1 atom stereocenters. The molecule has 0 aliphatic rings. The number of hydrogen-bond acceptors (Lipinski definition) is 2. The third-order valence-corrected chi connectivity index (χ3v) is 2.51. The van der Waals surface area contributed by atoms with Crippen LogP contribution < -0.4 is 0 Å². The third kappa shape index (κ3) is 2.81. The molecule has 0 amide bonds. The zero-order valence-corrected chi connectivity index (χ0v) is 9.92. The Bertz CT molecular complexity index is 374. The molecule has 0 aliphatic carbocycles. The molecule has 1 unspecified atom stereocenters. The smallest absolute Gasteiger partial charge is 0.313 e. The van der Waals surface area contributed by atoms with E-state index in [9.17, 15) is 9.18 Å². The second-order valence-corrected chi connectivity index (χ2v) is 3.74. The maximum atomic E-state index is 13.7. The van der Waals surface area contributed by atoms with Crippen molar-refractivity contribution in [3.8, 4) is 0 Å². The number of aryl methyl sites for hydroxylation is 1. The first-order valence-electron chi connectivity index (χ1n) is 5.52. The molecular formula is C13H17FO2. The van der Waals surface area contributed by atoms with Crippen molar-refractivity contribution in [2.75, 3.05) is 6.61 Å². The van der Waals surface area contributed by atoms with E-state index in [1.165, 1.54) is 6.07 Å². The van der Waals surface area contributed by atoms with Gasteiger partial charge in [0.05, 0.1) is 12.5 Å². The lowest BCUT2D eigenvalue weighted by Crippen LogP contribution is -2.16. The second-order valence-electron chi connectivity index (χ2n) is 3.74. The van der Waals surface area contributed by atoms with Gasteiger partial charge in [-0.1, -0.05) is 19.1 Å². The summed E-state index contributed by atoms with van der Waals surface area (Å²) in [5, 5.41) is 0. The van der Waals surface area contributed by atoms with Crippen molar-refractivity contribution >= 4 is 5.97 Å². The van der Waals surface area contributed by atoms with E-state index in [1.807, 2.05) is 13.8 Å². The molecule has 0 fully saturated rings. The van der Waals surface area contributed by atoms with E-state index in [-0.39, 0.29) is 11.8 Å². The predicted molar refractivity (Wildman–Crippen MR) is 60.8 cm³/mol. The lowest BCUT2D eigenvalue weighted by molar-refractivity contribution is -0.145. The molecule has 2 nitrogen and oxygen atoms in total. The average Bonchev–Trinajstić information content (AvgIpc) is 2.22. The van der Waals surface area contributed by atoms with Crippen LogP contribution in [-0.2, 0) is 9.53 Å². The van der Waals surface area contributed by atoms with E-state index in [0.29, 0.717) is 18.6 Å². The minimum absolute atomic E-state index is 0.322. The van der Waals surface area contributed by atoms with Gasteiger partial charge in [-0.3, -0.25) is 4.79 Å². The van der Waals surface area contributed by atoms with E-state index >= 15 is 0 Å². The molecule has 0 bridgehead atoms. The first-order chi connectivity index (χ1) is 7.60. The third-order valence-electron chi connectivity index (χ3n) is 2.51. The zero-order valence-electron chi connectivity index (χ0n) is 9.92. The fourth-order valence-electron chi connectivity index (χ4n) is 1.67. The lowest BCUT2D eigenvalue weighted by Gasteiger charge is -2.14. The van der Waals surface area contributed by atoms with Crippen molar-refractivity contribution in [2.24, 2.45) is 0 Å². The Morgan fingerprint density at radius 1 is 1.44 bits per heavy atom. The van der Waals surface area contributed by atoms with Crippen LogP contribution in [0.4, 0.5) is 4.39 Å². The number of esters is 1. The van der Waals surface area contributed by atoms with Crippen LogP contribution in [0.2, 0.25) is 0 Å². The first-order valence-corrected chi connectivity index (χ1v) is 5.52. The highest BCUT2D eigenvalue weighted by atomic mass is 19.1. The van der Waals surface area contributed by atoms with Gasteiger partial charge in [0.1, 0.15) is 5.82 Å². The number of hydrogen-bond donors (Lipinski definition) is 0. The molecule has 0 aromatic heterocycles. The second kappa shape index (κ2) is 5.64. The van der Waals surface area contributed by atoms with Gasteiger partial charge in [0.25, 0.3) is 0 Å². The predicted octanol–water partition coefficient (Wildman–Crippen LogP) is 3.19. The van der Waals surface area contributed by atoms with Crippen LogP contribution in [0.25, 0.3) is 0 Å². The van der Waals surface area contributed by atoms with Crippen LogP contribution >= 0.6 is 0 Å². The van der Waals surface area contributed by atoms with Gasteiger partial charge < -0.3 is 4.74 Å². The molecule has 0 aliphatic heterocycles. The minimum Gasteiger partial charge on any atom is -0.466 e. The molecule has 16 heavy (non-hydrogen) atoms. The maximum Gasteiger partial charge on any atom is 0.313 e. The summed E-state index contributed by atoms with van der Waals surface area (Å²) < 4.78 is 18.6. The molecule has 1 aromatic rings. The summed E-state index contributed by atoms with van der Waals surface area (Å²) in [7, 11) is 0. The van der Waals surface area contributed by atoms with Gasteiger partial charge in [-0.2, -0.15) is 0 Å². The molecule has 0 saturated heterocycles. The number of ether oxygens (including phenoxy) is 1. The van der Waals surface area contributed by atoms with Gasteiger partial charge >= 0.3 is 5.97 Å². The monoisotopic (exact) mass is 224 g/mol. The summed E-state index contributed by atoms with van der Waals surface area (Å²) in [5.74, 6) is -1.19. The van der Waals surface area contributed by atoms with Crippen molar-refractivity contribution in [1.29, 1.82) is 0 Å². The standard InChI is InChI=1S/C13H17FO2/c1-4-10(13(15)16-5-2)11-7-6-9(3)8-12(11)14/h6-8,10H,4-5H2,1-3H3. The van der Waals surface area contributed by atoms with Gasteiger partial charge in [-0.05, 0) is 31.9 Å². The molecule has 0 spiro atoms. The summed E-state index contributed by atoms with van der Waals surface area (Å²) in [4.78, 5) is 11.6. The molecule has 0 heterocycles. The Kier molecular flexibility index (Phi) is 4.47. The van der Waals surface area contributed by atoms with Gasteiger partial charge in [-0.25, -0.2) is 4.39 Å². The average molecular weight is 224 g/mol. The summed E-state index contributed by atoms with van der Waals surface area (Å²) >= 11 is 0. The summed E-state index contributed by atoms with van der Waals surface area (Å²) in [6.07, 6.45) is 0.540. The van der Waals surface area contributed by atoms with E-state index in [1.54, 1.807) is 19.1 Å². The largest absolute Gasteiger partial charge is 0.466 e. The van der Waals surface area contributed by atoms with Crippen molar-refractivity contribution in [1.82, 2.24) is 0 Å². The molecule has 0 N–H and O–H groups in total. The van der Waals surface area contributed by atoms with E-state index in [4.69, 9.17) is 4.74 Å². The van der Waals surface area contributed by atoms with E-state index in [0.717, 1.165) is 5.56 Å². The molecular weight excluding hydrogens is 207 g/mol. The highest BCUT2D eigenvalue weighted by Crippen LogP contribution is 2.24. The van der Waals surface area contributed by atoms with Gasteiger partial charge in [0.2, 0.25) is 0 Å². The Hall–Kier alpha value is -1.38. The van der Waals surface area contributed by atoms with Gasteiger partial charge in [0, 0.05) is 5.56 Å². The highest BCUT2D eigenvalue weighted by Gasteiger charge is 2.22.